The molecular weight excluding hydrogens is 607 g/mol. The lowest BCUT2D eigenvalue weighted by molar-refractivity contribution is 0.661. The van der Waals surface area contributed by atoms with Gasteiger partial charge in [0.05, 0.1) is 22.8 Å². The van der Waals surface area contributed by atoms with E-state index >= 15 is 0 Å². The summed E-state index contributed by atoms with van der Waals surface area (Å²) in [6.45, 7) is 4.71. The molecule has 3 nitrogen and oxygen atoms in total. The topological polar surface area (TPSA) is 29.3 Å². The Bertz CT molecular complexity index is 2620. The van der Waals surface area contributed by atoms with Gasteiger partial charge in [-0.3, -0.25) is 0 Å². The Kier molecular flexibility index (Phi) is 6.28. The average Bonchev–Trinajstić information content (AvgIpc) is 3.62. The van der Waals surface area contributed by atoms with Crippen molar-refractivity contribution in [3.63, 3.8) is 0 Å². The Labute approximate surface area is 292 Å². The molecule has 0 fully saturated rings. The number of fused-ring (bicyclic) bond motifs is 7. The molecule has 0 bridgehead atoms. The second-order valence-electron chi connectivity index (χ2n) is 14.1. The Morgan fingerprint density at radius 2 is 1.22 bits per heavy atom. The quantitative estimate of drug-likeness (QED) is 0.204. The van der Waals surface area contributed by atoms with Gasteiger partial charge < -0.3 is 9.88 Å². The van der Waals surface area contributed by atoms with Gasteiger partial charge in [0.15, 0.2) is 0 Å². The van der Waals surface area contributed by atoms with Crippen molar-refractivity contribution in [1.82, 2.24) is 9.88 Å². The highest BCUT2D eigenvalue weighted by atomic mass is 15.1. The minimum atomic E-state index is -0.0647. The predicted molar refractivity (Wildman–Crippen MR) is 208 cm³/mol. The van der Waals surface area contributed by atoms with E-state index in [1.54, 1.807) is 0 Å². The third-order valence-corrected chi connectivity index (χ3v) is 10.9. The van der Waals surface area contributed by atoms with E-state index in [1.165, 1.54) is 66.3 Å². The molecule has 8 aromatic rings. The highest BCUT2D eigenvalue weighted by Crippen LogP contribution is 2.51. The number of para-hydroxylation sites is 2. The second-order valence-corrected chi connectivity index (χ2v) is 14.1. The molecule has 1 aliphatic heterocycles. The summed E-state index contributed by atoms with van der Waals surface area (Å²) >= 11 is 0. The van der Waals surface area contributed by atoms with E-state index in [0.717, 1.165) is 22.8 Å². The minimum Gasteiger partial charge on any atom is -0.359 e. The number of rotatable bonds is 4. The van der Waals surface area contributed by atoms with Crippen molar-refractivity contribution in [3.05, 3.63) is 192 Å². The van der Waals surface area contributed by atoms with E-state index in [1.807, 2.05) is 0 Å². The molecule has 1 aliphatic carbocycles. The van der Waals surface area contributed by atoms with Gasteiger partial charge in [0, 0.05) is 33.0 Å². The van der Waals surface area contributed by atoms with E-state index in [4.69, 9.17) is 4.99 Å². The zero-order chi connectivity index (χ0) is 33.4. The number of hydrogen-bond acceptors (Lipinski definition) is 2. The molecule has 2 aliphatic rings. The summed E-state index contributed by atoms with van der Waals surface area (Å²) in [5.41, 5.74) is 15.9. The Morgan fingerprint density at radius 3 is 2.06 bits per heavy atom. The van der Waals surface area contributed by atoms with Crippen molar-refractivity contribution < 1.29 is 0 Å². The third kappa shape index (κ3) is 4.33. The molecule has 2 heterocycles. The number of hydrogen-bond donors (Lipinski definition) is 1. The SMILES string of the molecule is CC1(C)c2ccccc2-c2cc3c4ccccc4n(-c4ccc(C5=Nc6ccccc6C(c6ccc(-c7ccccc7)cc6)N5)cc4)c3cc21. The highest BCUT2D eigenvalue weighted by Gasteiger charge is 2.36. The first kappa shape index (κ1) is 28.8. The van der Waals surface area contributed by atoms with E-state index in [2.05, 4.69) is 188 Å². The summed E-state index contributed by atoms with van der Waals surface area (Å²) in [4.78, 5) is 5.12. The first-order valence-electron chi connectivity index (χ1n) is 17.4. The normalized spacial score (nSPS) is 15.6. The van der Waals surface area contributed by atoms with Crippen LogP contribution in [-0.4, -0.2) is 10.4 Å². The van der Waals surface area contributed by atoms with Crippen LogP contribution in [0, 0.1) is 0 Å². The van der Waals surface area contributed by atoms with Crippen LogP contribution in [0.1, 0.15) is 47.7 Å². The van der Waals surface area contributed by atoms with E-state index in [-0.39, 0.29) is 11.5 Å². The monoisotopic (exact) mass is 641 g/mol. The second kappa shape index (κ2) is 10.9. The van der Waals surface area contributed by atoms with Gasteiger partial charge in [-0.1, -0.05) is 129 Å². The van der Waals surface area contributed by atoms with Crippen LogP contribution in [0.4, 0.5) is 5.69 Å². The molecule has 0 saturated heterocycles. The van der Waals surface area contributed by atoms with E-state index < -0.39 is 0 Å². The minimum absolute atomic E-state index is 0.00453. The molecule has 1 atom stereocenters. The fraction of sp³-hybridized carbons (Fsp3) is 0.0851. The molecule has 1 N–H and O–H groups in total. The van der Waals surface area contributed by atoms with Crippen LogP contribution in [0.2, 0.25) is 0 Å². The lowest BCUT2D eigenvalue weighted by Gasteiger charge is -2.28. The lowest BCUT2D eigenvalue weighted by atomic mass is 9.82. The summed E-state index contributed by atoms with van der Waals surface area (Å²) in [5.74, 6) is 0.881. The Morgan fingerprint density at radius 1 is 0.540 bits per heavy atom. The zero-order valence-electron chi connectivity index (χ0n) is 28.1. The molecule has 0 amide bonds. The van der Waals surface area contributed by atoms with Gasteiger partial charge in [0.25, 0.3) is 0 Å². The number of aromatic nitrogens is 1. The summed E-state index contributed by atoms with van der Waals surface area (Å²) in [7, 11) is 0. The average molecular weight is 642 g/mol. The summed E-state index contributed by atoms with van der Waals surface area (Å²) in [6, 6.07) is 59.4. The first-order valence-corrected chi connectivity index (χ1v) is 17.4. The van der Waals surface area contributed by atoms with Gasteiger partial charge in [-0.25, -0.2) is 4.99 Å². The molecule has 1 aromatic heterocycles. The summed E-state index contributed by atoms with van der Waals surface area (Å²) in [6.07, 6.45) is 0. The van der Waals surface area contributed by atoms with Gasteiger partial charge in [0.2, 0.25) is 0 Å². The maximum atomic E-state index is 5.12. The van der Waals surface area contributed by atoms with Gasteiger partial charge in [-0.05, 0) is 87.5 Å². The van der Waals surface area contributed by atoms with Crippen LogP contribution < -0.4 is 5.32 Å². The van der Waals surface area contributed by atoms with Gasteiger partial charge in [-0.15, -0.1) is 0 Å². The number of nitrogens with zero attached hydrogens (tertiary/aromatic N) is 2. The maximum Gasteiger partial charge on any atom is 0.134 e. The number of amidine groups is 1. The molecule has 238 valence electrons. The highest BCUT2D eigenvalue weighted by molar-refractivity contribution is 6.12. The lowest BCUT2D eigenvalue weighted by Crippen LogP contribution is -2.32. The fourth-order valence-electron chi connectivity index (χ4n) is 8.32. The first-order chi connectivity index (χ1) is 24.5. The van der Waals surface area contributed by atoms with E-state index in [0.29, 0.717) is 0 Å². The molecule has 10 rings (SSSR count). The van der Waals surface area contributed by atoms with Crippen molar-refractivity contribution in [1.29, 1.82) is 0 Å². The molecule has 0 radical (unpaired) electrons. The van der Waals surface area contributed by atoms with Crippen LogP contribution in [0.3, 0.4) is 0 Å². The van der Waals surface area contributed by atoms with Crippen molar-refractivity contribution in [2.24, 2.45) is 4.99 Å². The van der Waals surface area contributed by atoms with Crippen LogP contribution in [0.25, 0.3) is 49.7 Å². The molecule has 0 saturated carbocycles. The van der Waals surface area contributed by atoms with Gasteiger partial charge >= 0.3 is 0 Å². The van der Waals surface area contributed by atoms with Crippen molar-refractivity contribution in [2.75, 3.05) is 0 Å². The van der Waals surface area contributed by atoms with Crippen LogP contribution >= 0.6 is 0 Å². The predicted octanol–water partition coefficient (Wildman–Crippen LogP) is 11.5. The Balaban J connectivity index is 1.04. The smallest absolute Gasteiger partial charge is 0.134 e. The largest absolute Gasteiger partial charge is 0.359 e. The molecular formula is C47H35N3. The standard InChI is InChI=1S/C47H35N3/c1-47(2)40-17-9-6-14-35(40)38-28-39-36-15-8-11-19-43(36)50(44(39)29-41(38)47)34-26-24-33(25-27-34)46-48-42-18-10-7-16-37(42)45(49-46)32-22-20-31(21-23-32)30-12-4-3-5-13-30/h3-29,45H,1-2H3,(H,48,49). The molecule has 3 heteroatoms. The van der Waals surface area contributed by atoms with Gasteiger partial charge in [0.1, 0.15) is 5.84 Å². The molecule has 50 heavy (non-hydrogen) atoms. The summed E-state index contributed by atoms with van der Waals surface area (Å²) < 4.78 is 2.43. The van der Waals surface area contributed by atoms with Gasteiger partial charge in [-0.2, -0.15) is 0 Å². The van der Waals surface area contributed by atoms with Crippen molar-refractivity contribution in [2.45, 2.75) is 25.3 Å². The molecule has 1 unspecified atom stereocenters. The maximum absolute atomic E-state index is 5.12. The third-order valence-electron chi connectivity index (χ3n) is 10.9. The van der Waals surface area contributed by atoms with Crippen LogP contribution in [0.15, 0.2) is 169 Å². The van der Waals surface area contributed by atoms with Crippen molar-refractivity contribution in [3.8, 4) is 27.9 Å². The van der Waals surface area contributed by atoms with Crippen LogP contribution in [0.5, 0.6) is 0 Å². The zero-order valence-corrected chi connectivity index (χ0v) is 28.1. The number of aliphatic imine (C=N–C) groups is 1. The number of benzene rings is 7. The van der Waals surface area contributed by atoms with Crippen molar-refractivity contribution >= 4 is 33.3 Å². The Hall–Kier alpha value is -6.19. The molecule has 0 spiro atoms. The fourth-order valence-corrected chi connectivity index (χ4v) is 8.32. The van der Waals surface area contributed by atoms with E-state index in [9.17, 15) is 0 Å². The summed E-state index contributed by atoms with van der Waals surface area (Å²) in [5, 5.41) is 6.36. The molecule has 7 aromatic carbocycles. The number of nitrogens with one attached hydrogen (secondary N) is 1. The van der Waals surface area contributed by atoms with Crippen LogP contribution in [-0.2, 0) is 5.41 Å².